The minimum Gasteiger partial charge on any atom is -0.369 e. The van der Waals surface area contributed by atoms with Crippen molar-refractivity contribution in [2.45, 2.75) is 38.9 Å². The minimum atomic E-state index is 0.677. The van der Waals surface area contributed by atoms with E-state index < -0.39 is 0 Å². The summed E-state index contributed by atoms with van der Waals surface area (Å²) in [5.41, 5.74) is 3.75. The molecule has 2 aromatic carbocycles. The number of hydrogen-bond donors (Lipinski definition) is 0. The number of rotatable bonds is 5. The first kappa shape index (κ1) is 19.6. The summed E-state index contributed by atoms with van der Waals surface area (Å²) in [6.45, 7) is 11.1. The van der Waals surface area contributed by atoms with Gasteiger partial charge in [0.05, 0.1) is 17.6 Å². The highest BCUT2D eigenvalue weighted by Crippen LogP contribution is 2.23. The first-order chi connectivity index (χ1) is 14.8. The molecule has 2 aliphatic heterocycles. The summed E-state index contributed by atoms with van der Waals surface area (Å²) in [6, 6.07) is 20.1. The lowest BCUT2D eigenvalue weighted by molar-refractivity contribution is 0.0868. The molecule has 2 fully saturated rings. The molecule has 3 aromatic rings. The van der Waals surface area contributed by atoms with Gasteiger partial charge >= 0.3 is 0 Å². The Hall–Kier alpha value is -2.37. The van der Waals surface area contributed by atoms with Crippen molar-refractivity contribution in [3.05, 3.63) is 60.4 Å². The lowest BCUT2D eigenvalue weighted by atomic mass is 10.0. The van der Waals surface area contributed by atoms with Gasteiger partial charge in [-0.25, -0.2) is 4.98 Å². The molecule has 5 heteroatoms. The molecule has 2 aliphatic rings. The summed E-state index contributed by atoms with van der Waals surface area (Å²) in [6.07, 6.45) is 2.61. The molecule has 0 amide bonds. The molecule has 158 valence electrons. The van der Waals surface area contributed by atoms with Crippen molar-refractivity contribution in [1.29, 1.82) is 0 Å². The summed E-state index contributed by atoms with van der Waals surface area (Å²) in [4.78, 5) is 12.8. The van der Waals surface area contributed by atoms with Crippen LogP contribution in [-0.4, -0.2) is 64.7 Å². The first-order valence-electron chi connectivity index (χ1n) is 11.5. The number of fused-ring (bicyclic) bond motifs is 1. The van der Waals surface area contributed by atoms with Crippen LogP contribution >= 0.6 is 0 Å². The maximum Gasteiger partial charge on any atom is 0.124 e. The Morgan fingerprint density at radius 3 is 2.47 bits per heavy atom. The number of piperazine rings is 1. The fourth-order valence-corrected chi connectivity index (χ4v) is 5.26. The van der Waals surface area contributed by atoms with E-state index in [2.05, 4.69) is 80.8 Å². The highest BCUT2D eigenvalue weighted by molar-refractivity contribution is 5.75. The number of para-hydroxylation sites is 3. The number of benzene rings is 2. The Bertz CT molecular complexity index is 958. The molecular formula is C25H33N5. The molecule has 5 rings (SSSR count). The fraction of sp³-hybridized carbons (Fsp3) is 0.480. The average molecular weight is 404 g/mol. The van der Waals surface area contributed by atoms with Crippen molar-refractivity contribution >= 4 is 16.7 Å². The SMILES string of the molecule is CCn1c(CN2CCC[C@H](N3CCN(c4ccccc4)CC3)C2)nc2ccccc21. The number of aryl methyl sites for hydroxylation is 1. The molecule has 30 heavy (non-hydrogen) atoms. The lowest BCUT2D eigenvalue weighted by Crippen LogP contribution is -2.55. The van der Waals surface area contributed by atoms with Crippen LogP contribution in [0.15, 0.2) is 54.6 Å². The van der Waals surface area contributed by atoms with Crippen molar-refractivity contribution < 1.29 is 0 Å². The Morgan fingerprint density at radius 2 is 1.67 bits per heavy atom. The lowest BCUT2D eigenvalue weighted by Gasteiger charge is -2.44. The highest BCUT2D eigenvalue weighted by atomic mass is 15.3. The fourth-order valence-electron chi connectivity index (χ4n) is 5.26. The van der Waals surface area contributed by atoms with Gasteiger partial charge in [0.15, 0.2) is 0 Å². The predicted octanol–water partition coefficient (Wildman–Crippen LogP) is 3.84. The maximum atomic E-state index is 4.96. The van der Waals surface area contributed by atoms with Crippen molar-refractivity contribution in [2.75, 3.05) is 44.2 Å². The highest BCUT2D eigenvalue weighted by Gasteiger charge is 2.28. The average Bonchev–Trinajstić information content (AvgIpc) is 3.17. The summed E-state index contributed by atoms with van der Waals surface area (Å²) >= 11 is 0. The third-order valence-electron chi connectivity index (χ3n) is 6.85. The van der Waals surface area contributed by atoms with Gasteiger partial charge in [0, 0.05) is 51.0 Å². The number of hydrogen-bond acceptors (Lipinski definition) is 4. The molecule has 1 atom stereocenters. The number of aromatic nitrogens is 2. The van der Waals surface area contributed by atoms with Crippen LogP contribution in [0.3, 0.4) is 0 Å². The number of anilines is 1. The molecule has 0 N–H and O–H groups in total. The van der Waals surface area contributed by atoms with Crippen molar-refractivity contribution in [3.63, 3.8) is 0 Å². The van der Waals surface area contributed by atoms with Gasteiger partial charge in [-0.05, 0) is 50.6 Å². The number of nitrogens with zero attached hydrogens (tertiary/aromatic N) is 5. The van der Waals surface area contributed by atoms with Crippen LogP contribution < -0.4 is 4.90 Å². The Kier molecular flexibility index (Phi) is 5.73. The molecule has 2 saturated heterocycles. The van der Waals surface area contributed by atoms with E-state index in [0.717, 1.165) is 38.2 Å². The van der Waals surface area contributed by atoms with E-state index in [9.17, 15) is 0 Å². The molecule has 0 aliphatic carbocycles. The van der Waals surface area contributed by atoms with Crippen LogP contribution in [0.4, 0.5) is 5.69 Å². The first-order valence-corrected chi connectivity index (χ1v) is 11.5. The number of piperidine rings is 1. The maximum absolute atomic E-state index is 4.96. The van der Waals surface area contributed by atoms with Crippen molar-refractivity contribution in [1.82, 2.24) is 19.4 Å². The van der Waals surface area contributed by atoms with E-state index in [1.165, 1.54) is 49.5 Å². The second-order valence-electron chi connectivity index (χ2n) is 8.65. The van der Waals surface area contributed by atoms with Gasteiger partial charge in [-0.1, -0.05) is 30.3 Å². The van der Waals surface area contributed by atoms with Gasteiger partial charge in [0.1, 0.15) is 5.82 Å². The normalized spacial score (nSPS) is 21.4. The van der Waals surface area contributed by atoms with Gasteiger partial charge in [-0.2, -0.15) is 0 Å². The molecule has 0 unspecified atom stereocenters. The third-order valence-corrected chi connectivity index (χ3v) is 6.85. The quantitative estimate of drug-likeness (QED) is 0.647. The molecular weight excluding hydrogens is 370 g/mol. The number of imidazole rings is 1. The van der Waals surface area contributed by atoms with E-state index in [1.807, 2.05) is 0 Å². The van der Waals surface area contributed by atoms with Crippen LogP contribution in [0, 0.1) is 0 Å². The van der Waals surface area contributed by atoms with Crippen LogP contribution in [-0.2, 0) is 13.1 Å². The van der Waals surface area contributed by atoms with E-state index in [-0.39, 0.29) is 0 Å². The van der Waals surface area contributed by atoms with Crippen molar-refractivity contribution in [3.8, 4) is 0 Å². The van der Waals surface area contributed by atoms with Crippen LogP contribution in [0.5, 0.6) is 0 Å². The zero-order valence-corrected chi connectivity index (χ0v) is 18.1. The van der Waals surface area contributed by atoms with E-state index in [1.54, 1.807) is 0 Å². The third kappa shape index (κ3) is 3.96. The second-order valence-corrected chi connectivity index (χ2v) is 8.65. The Morgan fingerprint density at radius 1 is 0.900 bits per heavy atom. The van der Waals surface area contributed by atoms with Crippen molar-refractivity contribution in [2.24, 2.45) is 0 Å². The zero-order valence-electron chi connectivity index (χ0n) is 18.1. The Balaban J connectivity index is 1.22. The minimum absolute atomic E-state index is 0.677. The topological polar surface area (TPSA) is 27.5 Å². The monoisotopic (exact) mass is 403 g/mol. The molecule has 3 heterocycles. The molecule has 0 radical (unpaired) electrons. The van der Waals surface area contributed by atoms with Gasteiger partial charge < -0.3 is 9.47 Å². The van der Waals surface area contributed by atoms with Gasteiger partial charge in [-0.15, -0.1) is 0 Å². The summed E-state index contributed by atoms with van der Waals surface area (Å²) in [7, 11) is 0. The Labute approximate surface area is 179 Å². The van der Waals surface area contributed by atoms with Crippen LogP contribution in [0.1, 0.15) is 25.6 Å². The van der Waals surface area contributed by atoms with Gasteiger partial charge in [-0.3, -0.25) is 9.80 Å². The largest absolute Gasteiger partial charge is 0.369 e. The number of likely N-dealkylation sites (tertiary alicyclic amines) is 1. The molecule has 0 spiro atoms. The summed E-state index contributed by atoms with van der Waals surface area (Å²) in [5.74, 6) is 1.22. The molecule has 0 bridgehead atoms. The molecule has 5 nitrogen and oxygen atoms in total. The van der Waals surface area contributed by atoms with Gasteiger partial charge in [0.25, 0.3) is 0 Å². The smallest absolute Gasteiger partial charge is 0.124 e. The van der Waals surface area contributed by atoms with Gasteiger partial charge in [0.2, 0.25) is 0 Å². The van der Waals surface area contributed by atoms with E-state index in [0.29, 0.717) is 6.04 Å². The molecule has 1 aromatic heterocycles. The van der Waals surface area contributed by atoms with E-state index >= 15 is 0 Å². The standard InChI is InChI=1S/C25H33N5/c1-2-30-24-13-7-6-12-23(24)26-25(30)20-27-14-8-11-22(19-27)29-17-15-28(16-18-29)21-9-4-3-5-10-21/h3-7,9-10,12-13,22H,2,8,11,14-20H2,1H3/t22-/m0/s1. The molecule has 0 saturated carbocycles. The summed E-state index contributed by atoms with van der Waals surface area (Å²) < 4.78 is 2.39. The summed E-state index contributed by atoms with van der Waals surface area (Å²) in [5, 5.41) is 0. The second kappa shape index (κ2) is 8.78. The van der Waals surface area contributed by atoms with Crippen LogP contribution in [0.25, 0.3) is 11.0 Å². The van der Waals surface area contributed by atoms with E-state index in [4.69, 9.17) is 4.98 Å². The zero-order chi connectivity index (χ0) is 20.3. The van der Waals surface area contributed by atoms with Crippen LogP contribution in [0.2, 0.25) is 0 Å². The predicted molar refractivity (Wildman–Crippen MR) is 124 cm³/mol.